The lowest BCUT2D eigenvalue weighted by molar-refractivity contribution is 0.230. The Bertz CT molecular complexity index is 529. The molecule has 0 saturated carbocycles. The molecule has 19 heavy (non-hydrogen) atoms. The minimum Gasteiger partial charge on any atom is -0.473 e. The van der Waals surface area contributed by atoms with Gasteiger partial charge in [0.05, 0.1) is 6.10 Å². The molecule has 100 valence electrons. The van der Waals surface area contributed by atoms with E-state index in [2.05, 4.69) is 9.97 Å². The Morgan fingerprint density at radius 1 is 1.11 bits per heavy atom. The average Bonchev–Trinajstić information content (AvgIpc) is 2.40. The van der Waals surface area contributed by atoms with Gasteiger partial charge in [-0.3, -0.25) is 0 Å². The van der Waals surface area contributed by atoms with E-state index in [4.69, 9.17) is 15.2 Å². The molecule has 5 nitrogen and oxygen atoms in total. The minimum absolute atomic E-state index is 0.000765. The number of aromatic nitrogens is 2. The number of benzene rings is 1. The maximum absolute atomic E-state index is 5.92. The second-order valence-corrected chi connectivity index (χ2v) is 4.34. The van der Waals surface area contributed by atoms with Gasteiger partial charge < -0.3 is 15.2 Å². The normalized spacial score (nSPS) is 10.5. The molecule has 0 radical (unpaired) electrons. The molecule has 0 fully saturated rings. The molecule has 0 bridgehead atoms. The first-order valence-corrected chi connectivity index (χ1v) is 6.10. The van der Waals surface area contributed by atoms with Crippen molar-refractivity contribution in [2.24, 2.45) is 0 Å². The van der Waals surface area contributed by atoms with E-state index in [0.717, 1.165) is 5.56 Å². The quantitative estimate of drug-likeness (QED) is 0.893. The van der Waals surface area contributed by atoms with Crippen molar-refractivity contribution < 1.29 is 9.47 Å². The molecule has 1 aromatic heterocycles. The smallest absolute Gasteiger partial charge is 0.244 e. The van der Waals surface area contributed by atoms with E-state index >= 15 is 0 Å². The minimum atomic E-state index is -0.000765. The van der Waals surface area contributed by atoms with Crippen LogP contribution in [0.1, 0.15) is 19.4 Å². The fourth-order valence-corrected chi connectivity index (χ4v) is 1.52. The number of hydrogen-bond donors (Lipinski definition) is 1. The van der Waals surface area contributed by atoms with Gasteiger partial charge in [-0.25, -0.2) is 0 Å². The zero-order valence-corrected chi connectivity index (χ0v) is 11.0. The first-order valence-electron chi connectivity index (χ1n) is 6.10. The number of nitrogens with two attached hydrogens (primary N) is 1. The van der Waals surface area contributed by atoms with Crippen LogP contribution in [0, 0.1) is 0 Å². The van der Waals surface area contributed by atoms with Gasteiger partial charge in [0.2, 0.25) is 11.8 Å². The van der Waals surface area contributed by atoms with Gasteiger partial charge in [0.25, 0.3) is 0 Å². The molecule has 0 unspecified atom stereocenters. The van der Waals surface area contributed by atoms with E-state index < -0.39 is 0 Å². The van der Waals surface area contributed by atoms with Gasteiger partial charge in [-0.1, -0.05) is 30.3 Å². The molecular weight excluding hydrogens is 242 g/mol. The van der Waals surface area contributed by atoms with Crippen molar-refractivity contribution in [3.8, 4) is 11.8 Å². The van der Waals surface area contributed by atoms with Crippen molar-refractivity contribution in [3.63, 3.8) is 0 Å². The standard InChI is InChI=1S/C14H17N3O2/c1-10(2)19-14-12(15)13(16-9-17-14)18-8-11-6-4-3-5-7-11/h3-7,9-10H,8,15H2,1-2H3. The van der Waals surface area contributed by atoms with Gasteiger partial charge in [-0.15, -0.1) is 0 Å². The van der Waals surface area contributed by atoms with Crippen LogP contribution in [0.15, 0.2) is 36.7 Å². The van der Waals surface area contributed by atoms with Gasteiger partial charge >= 0.3 is 0 Å². The van der Waals surface area contributed by atoms with Crippen LogP contribution in [0.5, 0.6) is 11.8 Å². The summed E-state index contributed by atoms with van der Waals surface area (Å²) < 4.78 is 11.1. The fourth-order valence-electron chi connectivity index (χ4n) is 1.52. The lowest BCUT2D eigenvalue weighted by atomic mass is 10.2. The van der Waals surface area contributed by atoms with Crippen molar-refractivity contribution in [2.75, 3.05) is 5.73 Å². The van der Waals surface area contributed by atoms with E-state index in [1.54, 1.807) is 0 Å². The van der Waals surface area contributed by atoms with Crippen molar-refractivity contribution in [1.82, 2.24) is 9.97 Å². The largest absolute Gasteiger partial charge is 0.473 e. The number of nitrogens with zero attached hydrogens (tertiary/aromatic N) is 2. The van der Waals surface area contributed by atoms with E-state index in [9.17, 15) is 0 Å². The third kappa shape index (κ3) is 3.58. The summed E-state index contributed by atoms with van der Waals surface area (Å²) in [6.07, 6.45) is 1.38. The van der Waals surface area contributed by atoms with Crippen LogP contribution in [0.2, 0.25) is 0 Å². The zero-order valence-electron chi connectivity index (χ0n) is 11.0. The highest BCUT2D eigenvalue weighted by Crippen LogP contribution is 2.27. The molecule has 0 spiro atoms. The lowest BCUT2D eigenvalue weighted by Crippen LogP contribution is -2.10. The number of rotatable bonds is 5. The first-order chi connectivity index (χ1) is 9.16. The molecule has 0 aliphatic carbocycles. The number of ether oxygens (including phenoxy) is 2. The topological polar surface area (TPSA) is 70.3 Å². The van der Waals surface area contributed by atoms with Crippen LogP contribution in [0.4, 0.5) is 5.69 Å². The third-order valence-electron chi connectivity index (χ3n) is 2.38. The molecule has 0 aliphatic heterocycles. The molecule has 0 atom stereocenters. The molecule has 0 amide bonds. The molecule has 2 rings (SSSR count). The molecule has 1 aromatic carbocycles. The van der Waals surface area contributed by atoms with Crippen LogP contribution in [0.25, 0.3) is 0 Å². The Labute approximate surface area is 112 Å². The summed E-state index contributed by atoms with van der Waals surface area (Å²) in [5, 5.41) is 0. The molecular formula is C14H17N3O2. The monoisotopic (exact) mass is 259 g/mol. The van der Waals surface area contributed by atoms with Crippen molar-refractivity contribution in [3.05, 3.63) is 42.2 Å². The summed E-state index contributed by atoms with van der Waals surface area (Å²) in [7, 11) is 0. The summed E-state index contributed by atoms with van der Waals surface area (Å²) in [4.78, 5) is 8.02. The highest BCUT2D eigenvalue weighted by molar-refractivity contribution is 5.55. The Morgan fingerprint density at radius 2 is 1.79 bits per heavy atom. The summed E-state index contributed by atoms with van der Waals surface area (Å²) in [6.45, 7) is 4.22. The number of anilines is 1. The molecule has 0 aliphatic rings. The molecule has 2 N–H and O–H groups in total. The molecule has 2 aromatic rings. The highest BCUT2D eigenvalue weighted by atomic mass is 16.5. The second kappa shape index (κ2) is 6.04. The average molecular weight is 259 g/mol. The van der Waals surface area contributed by atoms with Gasteiger partial charge in [0.15, 0.2) is 5.69 Å². The van der Waals surface area contributed by atoms with Crippen LogP contribution < -0.4 is 15.2 Å². The number of hydrogen-bond acceptors (Lipinski definition) is 5. The van der Waals surface area contributed by atoms with Gasteiger partial charge in [0, 0.05) is 0 Å². The van der Waals surface area contributed by atoms with Gasteiger partial charge in [-0.05, 0) is 19.4 Å². The van der Waals surface area contributed by atoms with E-state index in [1.807, 2.05) is 44.2 Å². The van der Waals surface area contributed by atoms with Crippen LogP contribution in [-0.4, -0.2) is 16.1 Å². The van der Waals surface area contributed by atoms with Crippen LogP contribution in [-0.2, 0) is 6.61 Å². The maximum Gasteiger partial charge on any atom is 0.244 e. The lowest BCUT2D eigenvalue weighted by Gasteiger charge is -2.13. The van der Waals surface area contributed by atoms with Crippen molar-refractivity contribution in [2.45, 2.75) is 26.6 Å². The van der Waals surface area contributed by atoms with Crippen LogP contribution >= 0.6 is 0 Å². The summed E-state index contributed by atoms with van der Waals surface area (Å²) in [5.41, 5.74) is 7.29. The van der Waals surface area contributed by atoms with Gasteiger partial charge in [-0.2, -0.15) is 9.97 Å². The predicted octanol–water partition coefficient (Wildman–Crippen LogP) is 2.42. The number of nitrogen functional groups attached to an aromatic ring is 1. The summed E-state index contributed by atoms with van der Waals surface area (Å²) in [5.74, 6) is 0.697. The summed E-state index contributed by atoms with van der Waals surface area (Å²) in [6, 6.07) is 9.81. The first kappa shape index (κ1) is 13.1. The zero-order chi connectivity index (χ0) is 13.7. The Kier molecular flexibility index (Phi) is 4.18. The van der Waals surface area contributed by atoms with Crippen molar-refractivity contribution in [1.29, 1.82) is 0 Å². The molecule has 1 heterocycles. The van der Waals surface area contributed by atoms with Crippen LogP contribution in [0.3, 0.4) is 0 Å². The van der Waals surface area contributed by atoms with E-state index in [-0.39, 0.29) is 6.10 Å². The molecule has 5 heteroatoms. The molecule has 0 saturated heterocycles. The summed E-state index contributed by atoms with van der Waals surface area (Å²) >= 11 is 0. The Morgan fingerprint density at radius 3 is 2.47 bits per heavy atom. The Balaban J connectivity index is 2.08. The van der Waals surface area contributed by atoms with E-state index in [1.165, 1.54) is 6.33 Å². The third-order valence-corrected chi connectivity index (χ3v) is 2.38. The van der Waals surface area contributed by atoms with Gasteiger partial charge in [0.1, 0.15) is 12.9 Å². The SMILES string of the molecule is CC(C)Oc1ncnc(OCc2ccccc2)c1N. The predicted molar refractivity (Wildman–Crippen MR) is 73.0 cm³/mol. The highest BCUT2D eigenvalue weighted by Gasteiger charge is 2.11. The Hall–Kier alpha value is -2.30. The fraction of sp³-hybridized carbons (Fsp3) is 0.286. The maximum atomic E-state index is 5.92. The second-order valence-electron chi connectivity index (χ2n) is 4.34. The van der Waals surface area contributed by atoms with Crippen molar-refractivity contribution >= 4 is 5.69 Å². The van der Waals surface area contributed by atoms with E-state index in [0.29, 0.717) is 24.1 Å².